The summed E-state index contributed by atoms with van der Waals surface area (Å²) in [6.45, 7) is 2.02. The molecule has 1 nitrogen and oxygen atoms in total. The normalized spacial score (nSPS) is 10.1. The van der Waals surface area contributed by atoms with Crippen LogP contribution in [0.1, 0.15) is 5.69 Å². The van der Waals surface area contributed by atoms with Crippen LogP contribution in [-0.4, -0.2) is 4.98 Å². The number of hydrogen-bond acceptors (Lipinski definition) is 1. The summed E-state index contributed by atoms with van der Waals surface area (Å²) in [5, 5.41) is 0. The highest BCUT2D eigenvalue weighted by molar-refractivity contribution is 9.10. The van der Waals surface area contributed by atoms with Crippen LogP contribution >= 0.6 is 15.9 Å². The van der Waals surface area contributed by atoms with E-state index in [-0.39, 0.29) is 0 Å². The Morgan fingerprint density at radius 1 is 1.00 bits per heavy atom. The Morgan fingerprint density at radius 3 is 2.36 bits per heavy atom. The molecule has 0 N–H and O–H groups in total. The Kier molecular flexibility index (Phi) is 2.64. The molecule has 0 saturated heterocycles. The van der Waals surface area contributed by atoms with Crippen molar-refractivity contribution < 1.29 is 0 Å². The van der Waals surface area contributed by atoms with Crippen LogP contribution in [0.4, 0.5) is 0 Å². The lowest BCUT2D eigenvalue weighted by Crippen LogP contribution is -1.87. The Hall–Kier alpha value is -1.15. The number of hydrogen-bond donors (Lipinski definition) is 0. The Morgan fingerprint density at radius 2 is 1.71 bits per heavy atom. The van der Waals surface area contributed by atoms with Crippen LogP contribution < -0.4 is 0 Å². The summed E-state index contributed by atoms with van der Waals surface area (Å²) < 4.78 is 0.884. The zero-order valence-corrected chi connectivity index (χ0v) is 9.45. The molecule has 70 valence electrons. The first-order valence-corrected chi connectivity index (χ1v) is 5.25. The second kappa shape index (κ2) is 3.93. The standard InChI is InChI=1S/C12H10BrN/c1-9-11(7-8-12(13)14-9)10-5-3-2-4-6-10/h2-8H,1H3. The van der Waals surface area contributed by atoms with Crippen molar-refractivity contribution in [2.45, 2.75) is 6.92 Å². The minimum Gasteiger partial charge on any atom is -0.246 e. The molecule has 0 spiro atoms. The average molecular weight is 248 g/mol. The van der Waals surface area contributed by atoms with Gasteiger partial charge in [-0.2, -0.15) is 0 Å². The highest BCUT2D eigenvalue weighted by atomic mass is 79.9. The smallest absolute Gasteiger partial charge is 0.106 e. The molecule has 0 unspecified atom stereocenters. The van der Waals surface area contributed by atoms with Crippen LogP contribution in [0.25, 0.3) is 11.1 Å². The van der Waals surface area contributed by atoms with Crippen LogP contribution in [0.15, 0.2) is 47.1 Å². The van der Waals surface area contributed by atoms with Gasteiger partial charge >= 0.3 is 0 Å². The summed E-state index contributed by atoms with van der Waals surface area (Å²) in [7, 11) is 0. The summed E-state index contributed by atoms with van der Waals surface area (Å²) in [5.41, 5.74) is 3.45. The second-order valence-electron chi connectivity index (χ2n) is 3.13. The topological polar surface area (TPSA) is 12.9 Å². The van der Waals surface area contributed by atoms with Gasteiger partial charge in [0.15, 0.2) is 0 Å². The van der Waals surface area contributed by atoms with Crippen molar-refractivity contribution in [2.24, 2.45) is 0 Å². The first kappa shape index (κ1) is 9.41. The number of aryl methyl sites for hydroxylation is 1. The third-order valence-electron chi connectivity index (χ3n) is 2.14. The van der Waals surface area contributed by atoms with E-state index in [1.54, 1.807) is 0 Å². The van der Waals surface area contributed by atoms with Gasteiger partial charge in [0.25, 0.3) is 0 Å². The van der Waals surface area contributed by atoms with Gasteiger partial charge in [0.05, 0.1) is 0 Å². The summed E-state index contributed by atoms with van der Waals surface area (Å²) >= 11 is 3.36. The minimum absolute atomic E-state index is 0.884. The quantitative estimate of drug-likeness (QED) is 0.699. The lowest BCUT2D eigenvalue weighted by Gasteiger charge is -2.04. The largest absolute Gasteiger partial charge is 0.246 e. The average Bonchev–Trinajstić information content (AvgIpc) is 2.19. The third kappa shape index (κ3) is 1.85. The number of benzene rings is 1. The van der Waals surface area contributed by atoms with Crippen molar-refractivity contribution in [3.8, 4) is 11.1 Å². The van der Waals surface area contributed by atoms with E-state index in [9.17, 15) is 0 Å². The molecule has 0 radical (unpaired) electrons. The molecule has 0 atom stereocenters. The van der Waals surface area contributed by atoms with Crippen LogP contribution in [0, 0.1) is 6.92 Å². The van der Waals surface area contributed by atoms with E-state index < -0.39 is 0 Å². The van der Waals surface area contributed by atoms with E-state index in [0.29, 0.717) is 0 Å². The zero-order valence-electron chi connectivity index (χ0n) is 7.87. The van der Waals surface area contributed by atoms with E-state index in [1.165, 1.54) is 11.1 Å². The number of nitrogens with zero attached hydrogens (tertiary/aromatic N) is 1. The molecule has 2 aromatic rings. The van der Waals surface area contributed by atoms with Crippen LogP contribution in [0.3, 0.4) is 0 Å². The van der Waals surface area contributed by atoms with Gasteiger partial charge in [0, 0.05) is 11.3 Å². The maximum Gasteiger partial charge on any atom is 0.106 e. The van der Waals surface area contributed by atoms with Gasteiger partial charge in [-0.05, 0) is 40.5 Å². The minimum atomic E-state index is 0.884. The molecule has 1 heterocycles. The first-order chi connectivity index (χ1) is 6.77. The predicted molar refractivity (Wildman–Crippen MR) is 62.1 cm³/mol. The molecule has 14 heavy (non-hydrogen) atoms. The number of rotatable bonds is 1. The number of aromatic nitrogens is 1. The molecule has 0 amide bonds. The van der Waals surface area contributed by atoms with Crippen molar-refractivity contribution in [1.29, 1.82) is 0 Å². The third-order valence-corrected chi connectivity index (χ3v) is 2.58. The van der Waals surface area contributed by atoms with Crippen LogP contribution in [-0.2, 0) is 0 Å². The molecule has 2 heteroatoms. The van der Waals surface area contributed by atoms with E-state index >= 15 is 0 Å². The van der Waals surface area contributed by atoms with Gasteiger partial charge in [-0.3, -0.25) is 0 Å². The van der Waals surface area contributed by atoms with Gasteiger partial charge in [0.2, 0.25) is 0 Å². The summed E-state index contributed by atoms with van der Waals surface area (Å²) in [4.78, 5) is 4.37. The lowest BCUT2D eigenvalue weighted by molar-refractivity contribution is 1.17. The van der Waals surface area contributed by atoms with Crippen molar-refractivity contribution in [3.05, 3.63) is 52.8 Å². The molecular formula is C12H10BrN. The van der Waals surface area contributed by atoms with E-state index in [0.717, 1.165) is 10.3 Å². The summed E-state index contributed by atoms with van der Waals surface area (Å²) in [6.07, 6.45) is 0. The SMILES string of the molecule is Cc1nc(Br)ccc1-c1ccccc1. The molecular weight excluding hydrogens is 238 g/mol. The molecule has 0 aliphatic heterocycles. The highest BCUT2D eigenvalue weighted by Crippen LogP contribution is 2.23. The van der Waals surface area contributed by atoms with E-state index in [4.69, 9.17) is 0 Å². The second-order valence-corrected chi connectivity index (χ2v) is 3.95. The molecule has 0 aliphatic rings. The highest BCUT2D eigenvalue weighted by Gasteiger charge is 2.01. The van der Waals surface area contributed by atoms with Crippen molar-refractivity contribution >= 4 is 15.9 Å². The van der Waals surface area contributed by atoms with Crippen molar-refractivity contribution in [3.63, 3.8) is 0 Å². The van der Waals surface area contributed by atoms with Gasteiger partial charge in [-0.15, -0.1) is 0 Å². The van der Waals surface area contributed by atoms with Crippen LogP contribution in [0.2, 0.25) is 0 Å². The molecule has 0 bridgehead atoms. The summed E-state index contributed by atoms with van der Waals surface area (Å²) in [6, 6.07) is 14.3. The van der Waals surface area contributed by atoms with Crippen LogP contribution in [0.5, 0.6) is 0 Å². The molecule has 1 aromatic carbocycles. The zero-order chi connectivity index (χ0) is 9.97. The fourth-order valence-electron chi connectivity index (χ4n) is 1.45. The van der Waals surface area contributed by atoms with Gasteiger partial charge in [-0.1, -0.05) is 30.3 Å². The first-order valence-electron chi connectivity index (χ1n) is 4.46. The fourth-order valence-corrected chi connectivity index (χ4v) is 1.85. The van der Waals surface area contributed by atoms with Gasteiger partial charge < -0.3 is 0 Å². The van der Waals surface area contributed by atoms with Crippen molar-refractivity contribution in [1.82, 2.24) is 4.98 Å². The maximum atomic E-state index is 4.37. The Labute approximate surface area is 91.9 Å². The molecule has 1 aromatic heterocycles. The van der Waals surface area contributed by atoms with Gasteiger partial charge in [0.1, 0.15) is 4.60 Å². The number of pyridine rings is 1. The Balaban J connectivity index is 2.53. The van der Waals surface area contributed by atoms with E-state index in [2.05, 4.69) is 39.1 Å². The lowest BCUT2D eigenvalue weighted by atomic mass is 10.1. The monoisotopic (exact) mass is 247 g/mol. The number of halogens is 1. The molecule has 2 rings (SSSR count). The van der Waals surface area contributed by atoms with Gasteiger partial charge in [-0.25, -0.2) is 4.98 Å². The molecule has 0 saturated carbocycles. The predicted octanol–water partition coefficient (Wildman–Crippen LogP) is 3.82. The summed E-state index contributed by atoms with van der Waals surface area (Å²) in [5.74, 6) is 0. The maximum absolute atomic E-state index is 4.37. The van der Waals surface area contributed by atoms with Crippen molar-refractivity contribution in [2.75, 3.05) is 0 Å². The fraction of sp³-hybridized carbons (Fsp3) is 0.0833. The Bertz CT molecular complexity index is 437. The molecule has 0 fully saturated rings. The van der Waals surface area contributed by atoms with E-state index in [1.807, 2.05) is 31.2 Å². The molecule has 0 aliphatic carbocycles.